The second-order valence-electron chi connectivity index (χ2n) is 4.47. The predicted molar refractivity (Wildman–Crippen MR) is 76.6 cm³/mol. The zero-order chi connectivity index (χ0) is 15.2. The first kappa shape index (κ1) is 15.7. The first-order valence-electron chi connectivity index (χ1n) is 6.73. The molecule has 1 aliphatic rings. The van der Waals surface area contributed by atoms with Gasteiger partial charge in [0.15, 0.2) is 0 Å². The molecule has 1 amide bonds. The van der Waals surface area contributed by atoms with Gasteiger partial charge in [0.1, 0.15) is 6.04 Å². The summed E-state index contributed by atoms with van der Waals surface area (Å²) in [5.41, 5.74) is 0. The highest BCUT2D eigenvalue weighted by Crippen LogP contribution is 2.19. The summed E-state index contributed by atoms with van der Waals surface area (Å²) >= 11 is 5.86. The lowest BCUT2D eigenvalue weighted by Crippen LogP contribution is -2.54. The van der Waals surface area contributed by atoms with Gasteiger partial charge in [-0.15, -0.1) is 0 Å². The van der Waals surface area contributed by atoms with Crippen LogP contribution in [0.15, 0.2) is 0 Å². The zero-order valence-electron chi connectivity index (χ0n) is 12.0. The highest BCUT2D eigenvalue weighted by atomic mass is 35.5. The molecular weight excluding hydrogens is 298 g/mol. The average Bonchev–Trinajstić information content (AvgIpc) is 2.51. The molecule has 0 radical (unpaired) electrons. The van der Waals surface area contributed by atoms with E-state index in [1.807, 2.05) is 6.92 Å². The van der Waals surface area contributed by atoms with Gasteiger partial charge in [-0.3, -0.25) is 4.79 Å². The van der Waals surface area contributed by atoms with Crippen molar-refractivity contribution in [3.05, 3.63) is 5.28 Å². The predicted octanol–water partition coefficient (Wildman–Crippen LogP) is 0.265. The monoisotopic (exact) mass is 315 g/mol. The number of ether oxygens (including phenoxy) is 2. The van der Waals surface area contributed by atoms with Crippen LogP contribution in [0.25, 0.3) is 0 Å². The van der Waals surface area contributed by atoms with Gasteiger partial charge in [-0.1, -0.05) is 6.92 Å². The van der Waals surface area contributed by atoms with Crippen LogP contribution in [0.4, 0.5) is 5.95 Å². The number of carbonyl (C=O) groups excluding carboxylic acids is 1. The van der Waals surface area contributed by atoms with Gasteiger partial charge in [-0.05, 0) is 18.0 Å². The zero-order valence-corrected chi connectivity index (χ0v) is 12.8. The molecule has 9 heteroatoms. The molecule has 0 bridgehead atoms. The van der Waals surface area contributed by atoms with Gasteiger partial charge in [0, 0.05) is 13.1 Å². The summed E-state index contributed by atoms with van der Waals surface area (Å²) in [6.45, 7) is 3.87. The maximum atomic E-state index is 12.2. The average molecular weight is 316 g/mol. The van der Waals surface area contributed by atoms with Crippen molar-refractivity contribution >= 4 is 23.5 Å². The molecule has 1 aromatic heterocycles. The number of hydrogen-bond donors (Lipinski definition) is 1. The number of nitrogens with zero attached hydrogens (tertiary/aromatic N) is 4. The lowest BCUT2D eigenvalue weighted by atomic mass is 10.2. The summed E-state index contributed by atoms with van der Waals surface area (Å²) < 4.78 is 10.4. The van der Waals surface area contributed by atoms with Gasteiger partial charge < -0.3 is 19.7 Å². The molecule has 1 atom stereocenters. The van der Waals surface area contributed by atoms with E-state index in [1.54, 1.807) is 4.90 Å². The number of carbonyl (C=O) groups is 1. The van der Waals surface area contributed by atoms with E-state index in [4.69, 9.17) is 21.1 Å². The van der Waals surface area contributed by atoms with Crippen LogP contribution < -0.4 is 15.0 Å². The fourth-order valence-corrected chi connectivity index (χ4v) is 2.12. The third kappa shape index (κ3) is 3.92. The number of hydrogen-bond acceptors (Lipinski definition) is 7. The molecule has 0 spiro atoms. The molecule has 21 heavy (non-hydrogen) atoms. The van der Waals surface area contributed by atoms with E-state index in [9.17, 15) is 4.79 Å². The van der Waals surface area contributed by atoms with E-state index < -0.39 is 6.04 Å². The molecule has 8 nitrogen and oxygen atoms in total. The van der Waals surface area contributed by atoms with E-state index in [0.29, 0.717) is 25.6 Å². The van der Waals surface area contributed by atoms with Crippen LogP contribution in [-0.4, -0.2) is 60.3 Å². The second kappa shape index (κ2) is 7.37. The number of aromatic nitrogens is 3. The molecule has 1 aliphatic heterocycles. The van der Waals surface area contributed by atoms with Gasteiger partial charge in [0.25, 0.3) is 0 Å². The van der Waals surface area contributed by atoms with Crippen LogP contribution >= 0.6 is 11.6 Å². The minimum atomic E-state index is -0.492. The SMILES string of the molecule is CCCNC(=O)C1COCCN1c1nc(Cl)nc(OC)n1. The Morgan fingerprint density at radius 1 is 1.52 bits per heavy atom. The number of rotatable bonds is 5. The lowest BCUT2D eigenvalue weighted by molar-refractivity contribution is -0.124. The van der Waals surface area contributed by atoms with Crippen molar-refractivity contribution in [1.82, 2.24) is 20.3 Å². The van der Waals surface area contributed by atoms with Gasteiger partial charge in [-0.2, -0.15) is 15.0 Å². The summed E-state index contributed by atoms with van der Waals surface area (Å²) in [4.78, 5) is 26.0. The first-order valence-corrected chi connectivity index (χ1v) is 7.11. The van der Waals surface area contributed by atoms with E-state index >= 15 is 0 Å². The lowest BCUT2D eigenvalue weighted by Gasteiger charge is -2.34. The molecule has 1 unspecified atom stereocenters. The Morgan fingerprint density at radius 3 is 3.05 bits per heavy atom. The topological polar surface area (TPSA) is 89.5 Å². The maximum Gasteiger partial charge on any atom is 0.322 e. The van der Waals surface area contributed by atoms with E-state index in [-0.39, 0.29) is 23.8 Å². The van der Waals surface area contributed by atoms with Crippen LogP contribution in [-0.2, 0) is 9.53 Å². The number of halogens is 1. The van der Waals surface area contributed by atoms with Crippen LogP contribution in [0.1, 0.15) is 13.3 Å². The minimum Gasteiger partial charge on any atom is -0.467 e. The summed E-state index contributed by atoms with van der Waals surface area (Å²) in [6, 6.07) is -0.377. The van der Waals surface area contributed by atoms with Crippen LogP contribution in [0.3, 0.4) is 0 Å². The first-order chi connectivity index (χ1) is 10.2. The van der Waals surface area contributed by atoms with E-state index in [0.717, 1.165) is 6.42 Å². The van der Waals surface area contributed by atoms with Gasteiger partial charge in [-0.25, -0.2) is 0 Å². The minimum absolute atomic E-state index is 0.0241. The van der Waals surface area contributed by atoms with E-state index in [1.165, 1.54) is 7.11 Å². The number of amides is 1. The number of anilines is 1. The highest BCUT2D eigenvalue weighted by molar-refractivity contribution is 6.28. The molecule has 116 valence electrons. The van der Waals surface area contributed by atoms with Crippen molar-refractivity contribution in [3.63, 3.8) is 0 Å². The van der Waals surface area contributed by atoms with Crippen molar-refractivity contribution in [3.8, 4) is 6.01 Å². The van der Waals surface area contributed by atoms with Gasteiger partial charge in [0.2, 0.25) is 17.1 Å². The molecule has 1 fully saturated rings. The second-order valence-corrected chi connectivity index (χ2v) is 4.80. The van der Waals surface area contributed by atoms with Crippen molar-refractivity contribution in [2.45, 2.75) is 19.4 Å². The molecule has 1 N–H and O–H groups in total. The Bertz CT molecular complexity index is 502. The molecule has 0 saturated carbocycles. The summed E-state index contributed by atoms with van der Waals surface area (Å²) in [6.07, 6.45) is 0.866. The smallest absolute Gasteiger partial charge is 0.322 e. The Hall–Kier alpha value is -1.67. The Kier molecular flexibility index (Phi) is 5.51. The molecule has 0 aliphatic carbocycles. The molecule has 1 aromatic rings. The third-order valence-corrected chi connectivity index (χ3v) is 3.16. The van der Waals surface area contributed by atoms with Crippen molar-refractivity contribution < 1.29 is 14.3 Å². The van der Waals surface area contributed by atoms with Crippen LogP contribution in [0.2, 0.25) is 5.28 Å². The van der Waals surface area contributed by atoms with Crippen molar-refractivity contribution in [2.75, 3.05) is 38.3 Å². The van der Waals surface area contributed by atoms with E-state index in [2.05, 4.69) is 20.3 Å². The third-order valence-electron chi connectivity index (χ3n) is 3.00. The normalized spacial score (nSPS) is 18.4. The van der Waals surface area contributed by atoms with Gasteiger partial charge >= 0.3 is 6.01 Å². The molecule has 2 rings (SSSR count). The number of morpholine rings is 1. The molecule has 1 saturated heterocycles. The number of methoxy groups -OCH3 is 1. The summed E-state index contributed by atoms with van der Waals surface area (Å²) in [5.74, 6) is 0.193. The molecular formula is C12H18ClN5O3. The highest BCUT2D eigenvalue weighted by Gasteiger charge is 2.31. The quantitative estimate of drug-likeness (QED) is 0.834. The maximum absolute atomic E-state index is 12.2. The van der Waals surface area contributed by atoms with Crippen LogP contribution in [0, 0.1) is 0 Å². The molecule has 2 heterocycles. The number of nitrogens with one attached hydrogen (secondary N) is 1. The Morgan fingerprint density at radius 2 is 2.33 bits per heavy atom. The standard InChI is InChI=1S/C12H18ClN5O3/c1-3-4-14-9(19)8-7-21-6-5-18(8)11-15-10(13)16-12(17-11)20-2/h8H,3-7H2,1-2H3,(H,14,19). The Labute approximate surface area is 127 Å². The largest absolute Gasteiger partial charge is 0.467 e. The summed E-state index contributed by atoms with van der Waals surface area (Å²) in [7, 11) is 1.44. The van der Waals surface area contributed by atoms with Gasteiger partial charge in [0.05, 0.1) is 20.3 Å². The fraction of sp³-hybridized carbons (Fsp3) is 0.667. The van der Waals surface area contributed by atoms with Crippen LogP contribution in [0.5, 0.6) is 6.01 Å². The fourth-order valence-electron chi connectivity index (χ4n) is 1.97. The Balaban J connectivity index is 2.21. The summed E-state index contributed by atoms with van der Waals surface area (Å²) in [5, 5.41) is 2.87. The molecule has 0 aromatic carbocycles. The van der Waals surface area contributed by atoms with Crippen molar-refractivity contribution in [1.29, 1.82) is 0 Å². The van der Waals surface area contributed by atoms with Crippen molar-refractivity contribution in [2.24, 2.45) is 0 Å².